The van der Waals surface area contributed by atoms with Gasteiger partial charge in [0.05, 0.1) is 16.9 Å². The molecule has 136 valence electrons. The molecule has 0 aliphatic carbocycles. The average molecular weight is 475 g/mol. The topological polar surface area (TPSA) is 75.4 Å². The van der Waals surface area contributed by atoms with Crippen molar-refractivity contribution in [2.45, 2.75) is 12.5 Å². The van der Waals surface area contributed by atoms with Crippen LogP contribution >= 0.6 is 22.6 Å². The number of nitrogens with two attached hydrogens (primary N) is 1. The van der Waals surface area contributed by atoms with Gasteiger partial charge in [0.1, 0.15) is 11.9 Å². The van der Waals surface area contributed by atoms with Crippen molar-refractivity contribution >= 4 is 45.8 Å². The molecule has 0 aromatic heterocycles. The molecule has 5 nitrogen and oxygen atoms in total. The summed E-state index contributed by atoms with van der Waals surface area (Å²) in [7, 11) is 0. The lowest BCUT2D eigenvalue weighted by Gasteiger charge is -2.39. The van der Waals surface area contributed by atoms with Gasteiger partial charge >= 0.3 is 0 Å². The van der Waals surface area contributed by atoms with Crippen molar-refractivity contribution in [3.8, 4) is 0 Å². The lowest BCUT2D eigenvalue weighted by atomic mass is 9.99. The highest BCUT2D eigenvalue weighted by Gasteiger charge is 2.38. The molecule has 0 bridgehead atoms. The Bertz CT molecular complexity index is 907. The van der Waals surface area contributed by atoms with E-state index in [1.54, 1.807) is 6.07 Å². The van der Waals surface area contributed by atoms with E-state index in [0.717, 1.165) is 12.1 Å². The SMILES string of the molecule is NC(=O)C1CCN1C(=O)c1ccc(F)c(F)c1Nc1ccc(I)cc1F. The molecule has 1 aliphatic heterocycles. The molecule has 1 heterocycles. The van der Waals surface area contributed by atoms with E-state index in [2.05, 4.69) is 5.32 Å². The third kappa shape index (κ3) is 3.35. The van der Waals surface area contributed by atoms with Gasteiger partial charge in [-0.25, -0.2) is 13.2 Å². The lowest BCUT2D eigenvalue weighted by Crippen LogP contribution is -2.57. The van der Waals surface area contributed by atoms with E-state index in [1.807, 2.05) is 22.6 Å². The van der Waals surface area contributed by atoms with Gasteiger partial charge in [-0.05, 0) is 59.3 Å². The summed E-state index contributed by atoms with van der Waals surface area (Å²) < 4.78 is 42.7. The number of nitrogens with one attached hydrogen (secondary N) is 1. The van der Waals surface area contributed by atoms with E-state index in [-0.39, 0.29) is 17.8 Å². The molecule has 26 heavy (non-hydrogen) atoms. The molecule has 0 spiro atoms. The maximum atomic E-state index is 14.3. The van der Waals surface area contributed by atoms with E-state index < -0.39 is 41.0 Å². The van der Waals surface area contributed by atoms with Gasteiger partial charge in [0, 0.05) is 10.1 Å². The number of likely N-dealkylation sites (tertiary alicyclic amines) is 1. The van der Waals surface area contributed by atoms with Crippen LogP contribution in [0.25, 0.3) is 0 Å². The molecule has 0 radical (unpaired) electrons. The number of halogens is 4. The van der Waals surface area contributed by atoms with Gasteiger partial charge in [-0.1, -0.05) is 0 Å². The molecule has 2 amide bonds. The summed E-state index contributed by atoms with van der Waals surface area (Å²) in [6, 6.07) is 5.23. The number of primary amides is 1. The fraction of sp³-hybridized carbons (Fsp3) is 0.176. The Morgan fingerprint density at radius 1 is 1.15 bits per heavy atom. The number of carbonyl (C=O) groups excluding carboxylic acids is 2. The van der Waals surface area contributed by atoms with Gasteiger partial charge in [-0.3, -0.25) is 9.59 Å². The zero-order valence-corrected chi connectivity index (χ0v) is 15.4. The van der Waals surface area contributed by atoms with Gasteiger partial charge < -0.3 is 16.0 Å². The van der Waals surface area contributed by atoms with Crippen LogP contribution in [0.5, 0.6) is 0 Å². The smallest absolute Gasteiger partial charge is 0.256 e. The summed E-state index contributed by atoms with van der Waals surface area (Å²) in [6.07, 6.45) is 0.402. The van der Waals surface area contributed by atoms with E-state index in [9.17, 15) is 22.8 Å². The van der Waals surface area contributed by atoms with Crippen molar-refractivity contribution in [1.82, 2.24) is 4.90 Å². The molecule has 1 fully saturated rings. The molecule has 9 heteroatoms. The minimum atomic E-state index is -1.31. The molecule has 0 saturated carbocycles. The van der Waals surface area contributed by atoms with Crippen LogP contribution < -0.4 is 11.1 Å². The summed E-state index contributed by atoms with van der Waals surface area (Å²) in [5.74, 6) is -4.55. The molecule has 3 rings (SSSR count). The third-order valence-corrected chi connectivity index (χ3v) is 4.80. The molecule has 1 aliphatic rings. The van der Waals surface area contributed by atoms with Crippen molar-refractivity contribution < 1.29 is 22.8 Å². The van der Waals surface area contributed by atoms with Gasteiger partial charge in [0.25, 0.3) is 5.91 Å². The molecular formula is C17H13F3IN3O2. The average Bonchev–Trinajstić information content (AvgIpc) is 2.52. The van der Waals surface area contributed by atoms with Crippen LogP contribution in [0.1, 0.15) is 16.8 Å². The largest absolute Gasteiger partial charge is 0.368 e. The maximum absolute atomic E-state index is 14.3. The highest BCUT2D eigenvalue weighted by atomic mass is 127. The monoisotopic (exact) mass is 475 g/mol. The number of hydrogen-bond donors (Lipinski definition) is 2. The Labute approximate surface area is 160 Å². The quantitative estimate of drug-likeness (QED) is 0.668. The number of amides is 2. The molecule has 1 saturated heterocycles. The summed E-state index contributed by atoms with van der Waals surface area (Å²) >= 11 is 1.91. The second-order valence-electron chi connectivity index (χ2n) is 5.74. The Hall–Kier alpha value is -2.30. The lowest BCUT2D eigenvalue weighted by molar-refractivity contribution is -0.125. The van der Waals surface area contributed by atoms with Crippen molar-refractivity contribution in [3.05, 3.63) is 56.9 Å². The molecule has 3 N–H and O–H groups in total. The number of carbonyl (C=O) groups is 2. The van der Waals surface area contributed by atoms with E-state index in [1.165, 1.54) is 17.0 Å². The van der Waals surface area contributed by atoms with Crippen LogP contribution in [-0.2, 0) is 4.79 Å². The molecular weight excluding hydrogens is 462 g/mol. The summed E-state index contributed by atoms with van der Waals surface area (Å²) in [5.41, 5.74) is 4.40. The van der Waals surface area contributed by atoms with Crippen molar-refractivity contribution in [2.75, 3.05) is 11.9 Å². The second-order valence-corrected chi connectivity index (χ2v) is 6.98. The first-order valence-electron chi connectivity index (χ1n) is 7.60. The third-order valence-electron chi connectivity index (χ3n) is 4.12. The number of rotatable bonds is 4. The normalized spacial score (nSPS) is 16.2. The highest BCUT2D eigenvalue weighted by Crippen LogP contribution is 2.31. The fourth-order valence-corrected chi connectivity index (χ4v) is 3.11. The van der Waals surface area contributed by atoms with E-state index in [4.69, 9.17) is 5.73 Å². The van der Waals surface area contributed by atoms with Crippen molar-refractivity contribution in [3.63, 3.8) is 0 Å². The van der Waals surface area contributed by atoms with Crippen molar-refractivity contribution in [1.29, 1.82) is 0 Å². The van der Waals surface area contributed by atoms with E-state index in [0.29, 0.717) is 9.99 Å². The van der Waals surface area contributed by atoms with Gasteiger partial charge in [-0.15, -0.1) is 0 Å². The number of nitrogens with zero attached hydrogens (tertiary/aromatic N) is 1. The van der Waals surface area contributed by atoms with Gasteiger partial charge in [0.15, 0.2) is 11.6 Å². The standard InChI is InChI=1S/C17H13F3IN3O2/c18-10-3-2-9(17(26)24-6-5-13(24)16(22)25)15(14(10)20)23-12-4-1-8(21)7-11(12)19/h1-4,7,13,23H,5-6H2,(H2,22,25). The summed E-state index contributed by atoms with van der Waals surface area (Å²) in [5, 5.41) is 2.45. The summed E-state index contributed by atoms with van der Waals surface area (Å²) in [6.45, 7) is 0.267. The fourth-order valence-electron chi connectivity index (χ4n) is 2.66. The van der Waals surface area contributed by atoms with Crippen LogP contribution in [0.4, 0.5) is 24.5 Å². The Morgan fingerprint density at radius 3 is 2.46 bits per heavy atom. The first-order valence-corrected chi connectivity index (χ1v) is 8.68. The van der Waals surface area contributed by atoms with Gasteiger partial charge in [-0.2, -0.15) is 0 Å². The molecule has 1 unspecified atom stereocenters. The van der Waals surface area contributed by atoms with Crippen LogP contribution in [-0.4, -0.2) is 29.3 Å². The number of hydrogen-bond acceptors (Lipinski definition) is 3. The first-order chi connectivity index (χ1) is 12.3. The second kappa shape index (κ2) is 7.14. The Morgan fingerprint density at radius 2 is 1.88 bits per heavy atom. The predicted octanol–water partition coefficient (Wildman–Crippen LogP) is 3.15. The van der Waals surface area contributed by atoms with Crippen LogP contribution in [0, 0.1) is 21.0 Å². The van der Waals surface area contributed by atoms with Crippen LogP contribution in [0.2, 0.25) is 0 Å². The number of anilines is 2. The predicted molar refractivity (Wildman–Crippen MR) is 97.4 cm³/mol. The maximum Gasteiger partial charge on any atom is 0.256 e. The minimum absolute atomic E-state index is 0.112. The van der Waals surface area contributed by atoms with Gasteiger partial charge in [0.2, 0.25) is 5.91 Å². The summed E-state index contributed by atoms with van der Waals surface area (Å²) in [4.78, 5) is 25.2. The molecule has 1 atom stereocenters. The first kappa shape index (κ1) is 18.5. The van der Waals surface area contributed by atoms with Crippen LogP contribution in [0.15, 0.2) is 30.3 Å². The van der Waals surface area contributed by atoms with Crippen molar-refractivity contribution in [2.24, 2.45) is 5.73 Å². The number of benzene rings is 2. The molecule has 2 aromatic rings. The zero-order valence-electron chi connectivity index (χ0n) is 13.2. The Balaban J connectivity index is 2.00. The van der Waals surface area contributed by atoms with E-state index >= 15 is 0 Å². The highest BCUT2D eigenvalue weighted by molar-refractivity contribution is 14.1. The minimum Gasteiger partial charge on any atom is -0.368 e. The van der Waals surface area contributed by atoms with Crippen LogP contribution in [0.3, 0.4) is 0 Å². The zero-order chi connectivity index (χ0) is 19.0. The molecule has 2 aromatic carbocycles. The Kier molecular flexibility index (Phi) is 5.08.